The van der Waals surface area contributed by atoms with Gasteiger partial charge in [0.1, 0.15) is 12.2 Å². The summed E-state index contributed by atoms with van der Waals surface area (Å²) in [4.78, 5) is 15.9. The Morgan fingerprint density at radius 2 is 2.03 bits per heavy atom. The number of nitrogens with two attached hydrogens (primary N) is 1. The van der Waals surface area contributed by atoms with Gasteiger partial charge in [-0.3, -0.25) is 9.81 Å². The lowest BCUT2D eigenvalue weighted by molar-refractivity contribution is -0.122. The van der Waals surface area contributed by atoms with Crippen molar-refractivity contribution in [3.05, 3.63) is 54.4 Å². The number of hydrogen-bond acceptors (Lipinski definition) is 5. The third-order valence-corrected chi connectivity index (χ3v) is 3.93. The molecule has 2 heterocycles. The molecule has 0 aliphatic carbocycles. The summed E-state index contributed by atoms with van der Waals surface area (Å²) in [6.45, 7) is -1.43. The standard InChI is InChI=1S/C18H15F3N6O2S.CH4/c19-18(20,21)9-25-17(28)26-12-3-1-2-10(6-12)13-8-24-14-7-11(4-5-27(13)14)15(22)29-16(23)30;/h1-8,22H,9H2,(H2,23,30)(H2,25,26,28);1H4. The van der Waals surface area contributed by atoms with Gasteiger partial charge in [0, 0.05) is 23.0 Å². The molecule has 5 N–H and O–H groups in total. The molecule has 12 heteroatoms. The zero-order chi connectivity index (χ0) is 21.9. The number of imidazole rings is 1. The molecule has 0 aliphatic rings. The smallest absolute Gasteiger partial charge is 0.405 e. The summed E-state index contributed by atoms with van der Waals surface area (Å²) in [5, 5.41) is 11.7. The van der Waals surface area contributed by atoms with E-state index in [2.05, 4.69) is 22.5 Å². The molecular formula is C19H19F3N6O2S. The van der Waals surface area contributed by atoms with Crippen molar-refractivity contribution >= 4 is 40.7 Å². The molecule has 0 aliphatic heterocycles. The number of carbonyl (C=O) groups is 1. The number of anilines is 1. The SMILES string of the molecule is C.N=C(OC(N)=S)c1ccn2c(-c3cccc(NC(=O)NCC(F)(F)F)c3)cnc2c1. The van der Waals surface area contributed by atoms with E-state index in [0.29, 0.717) is 28.2 Å². The van der Waals surface area contributed by atoms with Crippen LogP contribution in [0.3, 0.4) is 0 Å². The van der Waals surface area contributed by atoms with E-state index < -0.39 is 18.8 Å². The number of thiocarbonyl (C=S) groups is 1. The van der Waals surface area contributed by atoms with E-state index in [4.69, 9.17) is 15.9 Å². The van der Waals surface area contributed by atoms with Crippen molar-refractivity contribution in [1.82, 2.24) is 14.7 Å². The van der Waals surface area contributed by atoms with Crippen LogP contribution in [0.2, 0.25) is 0 Å². The van der Waals surface area contributed by atoms with Crippen molar-refractivity contribution in [3.63, 3.8) is 0 Å². The van der Waals surface area contributed by atoms with Gasteiger partial charge in [-0.2, -0.15) is 13.2 Å². The molecule has 2 aromatic heterocycles. The van der Waals surface area contributed by atoms with Gasteiger partial charge in [-0.1, -0.05) is 19.6 Å². The summed E-state index contributed by atoms with van der Waals surface area (Å²) >= 11 is 4.62. The lowest BCUT2D eigenvalue weighted by Crippen LogP contribution is -2.36. The molecule has 8 nitrogen and oxygen atoms in total. The van der Waals surface area contributed by atoms with Gasteiger partial charge in [-0.05, 0) is 36.5 Å². The Bertz CT molecular complexity index is 1130. The van der Waals surface area contributed by atoms with Crippen LogP contribution in [0.15, 0.2) is 48.8 Å². The quantitative estimate of drug-likeness (QED) is 0.272. The minimum atomic E-state index is -4.50. The van der Waals surface area contributed by atoms with Crippen molar-refractivity contribution in [2.24, 2.45) is 5.73 Å². The largest absolute Gasteiger partial charge is 0.413 e. The van der Waals surface area contributed by atoms with Crippen LogP contribution in [-0.2, 0) is 4.74 Å². The van der Waals surface area contributed by atoms with Gasteiger partial charge in [0.25, 0.3) is 5.17 Å². The third-order valence-electron chi connectivity index (χ3n) is 3.84. The van der Waals surface area contributed by atoms with E-state index in [9.17, 15) is 18.0 Å². The molecule has 164 valence electrons. The normalized spacial score (nSPS) is 10.8. The van der Waals surface area contributed by atoms with Gasteiger partial charge < -0.3 is 21.1 Å². The number of alkyl halides is 3. The molecule has 0 fully saturated rings. The average molecular weight is 452 g/mol. The first-order valence-corrected chi connectivity index (χ1v) is 8.78. The van der Waals surface area contributed by atoms with Crippen LogP contribution in [0.4, 0.5) is 23.7 Å². The Kier molecular flexibility index (Phi) is 7.18. The number of carbonyl (C=O) groups excluding carboxylic acids is 1. The van der Waals surface area contributed by atoms with E-state index in [1.807, 2.05) is 0 Å². The number of rotatable bonds is 4. The molecule has 0 bridgehead atoms. The van der Waals surface area contributed by atoms with Crippen LogP contribution in [0.5, 0.6) is 0 Å². The Morgan fingerprint density at radius 1 is 1.29 bits per heavy atom. The fraction of sp³-hybridized carbons (Fsp3) is 0.158. The molecule has 1 aromatic carbocycles. The van der Waals surface area contributed by atoms with E-state index in [1.54, 1.807) is 58.5 Å². The number of ether oxygens (including phenoxy) is 1. The van der Waals surface area contributed by atoms with Gasteiger partial charge in [0.15, 0.2) is 0 Å². The second-order valence-corrected chi connectivity index (χ2v) is 6.44. The Balaban J connectivity index is 0.00000341. The maximum Gasteiger partial charge on any atom is 0.405 e. The van der Waals surface area contributed by atoms with Crippen molar-refractivity contribution < 1.29 is 22.7 Å². The molecule has 2 amide bonds. The highest BCUT2D eigenvalue weighted by molar-refractivity contribution is 7.80. The van der Waals surface area contributed by atoms with Gasteiger partial charge in [-0.15, -0.1) is 0 Å². The van der Waals surface area contributed by atoms with E-state index in [-0.39, 0.29) is 18.5 Å². The molecule has 0 radical (unpaired) electrons. The number of nitrogens with zero attached hydrogens (tertiary/aromatic N) is 2. The molecule has 31 heavy (non-hydrogen) atoms. The zero-order valence-corrected chi connectivity index (χ0v) is 16.0. The highest BCUT2D eigenvalue weighted by Gasteiger charge is 2.27. The number of fused-ring (bicyclic) bond motifs is 1. The topological polar surface area (TPSA) is 118 Å². The van der Waals surface area contributed by atoms with Crippen molar-refractivity contribution in [2.75, 3.05) is 11.9 Å². The second kappa shape index (κ2) is 9.43. The van der Waals surface area contributed by atoms with E-state index in [1.165, 1.54) is 0 Å². The minimum absolute atomic E-state index is 0. The van der Waals surface area contributed by atoms with Crippen LogP contribution >= 0.6 is 12.2 Å². The fourth-order valence-electron chi connectivity index (χ4n) is 2.61. The average Bonchev–Trinajstić information content (AvgIpc) is 3.09. The summed E-state index contributed by atoms with van der Waals surface area (Å²) in [5.41, 5.74) is 7.84. The maximum absolute atomic E-state index is 12.2. The second-order valence-electron chi connectivity index (χ2n) is 6.04. The number of benzene rings is 1. The minimum Gasteiger partial charge on any atom is -0.413 e. The van der Waals surface area contributed by atoms with E-state index in [0.717, 1.165) is 0 Å². The summed E-state index contributed by atoms with van der Waals surface area (Å²) < 4.78 is 43.3. The molecule has 0 unspecified atom stereocenters. The first-order valence-electron chi connectivity index (χ1n) is 8.38. The Hall–Kier alpha value is -3.67. The summed E-state index contributed by atoms with van der Waals surface area (Å²) in [5.74, 6) is -0.217. The first-order chi connectivity index (χ1) is 14.1. The molecule has 0 saturated heterocycles. The van der Waals surface area contributed by atoms with Crippen LogP contribution < -0.4 is 16.4 Å². The number of hydrogen-bond donors (Lipinski definition) is 4. The highest BCUT2D eigenvalue weighted by Crippen LogP contribution is 2.24. The van der Waals surface area contributed by atoms with Gasteiger partial charge >= 0.3 is 12.2 Å². The number of pyridine rings is 1. The molecule has 0 saturated carbocycles. The lowest BCUT2D eigenvalue weighted by Gasteiger charge is -2.11. The van der Waals surface area contributed by atoms with Crippen molar-refractivity contribution in [1.29, 1.82) is 5.41 Å². The third kappa shape index (κ3) is 6.15. The Morgan fingerprint density at radius 3 is 2.71 bits per heavy atom. The van der Waals surface area contributed by atoms with Crippen LogP contribution in [0, 0.1) is 5.41 Å². The molecule has 0 atom stereocenters. The fourth-order valence-corrected chi connectivity index (χ4v) is 2.69. The molecular weight excluding hydrogens is 433 g/mol. The Labute approximate surface area is 180 Å². The molecule has 3 rings (SSSR count). The van der Waals surface area contributed by atoms with Crippen LogP contribution in [0.1, 0.15) is 13.0 Å². The van der Waals surface area contributed by atoms with Crippen molar-refractivity contribution in [2.45, 2.75) is 13.6 Å². The van der Waals surface area contributed by atoms with Crippen LogP contribution in [0.25, 0.3) is 16.9 Å². The predicted molar refractivity (Wildman–Crippen MR) is 115 cm³/mol. The predicted octanol–water partition coefficient (Wildman–Crippen LogP) is 3.91. The molecule has 0 spiro atoms. The number of urea groups is 1. The molecule has 3 aromatic rings. The number of amides is 2. The number of nitrogens with one attached hydrogen (secondary N) is 3. The van der Waals surface area contributed by atoms with Gasteiger partial charge in [-0.25, -0.2) is 9.78 Å². The highest BCUT2D eigenvalue weighted by atomic mass is 32.1. The van der Waals surface area contributed by atoms with Crippen LogP contribution in [-0.4, -0.2) is 39.2 Å². The van der Waals surface area contributed by atoms with E-state index >= 15 is 0 Å². The van der Waals surface area contributed by atoms with Crippen molar-refractivity contribution in [3.8, 4) is 11.3 Å². The number of aromatic nitrogens is 2. The van der Waals surface area contributed by atoms with Gasteiger partial charge in [0.05, 0.1) is 11.9 Å². The summed E-state index contributed by atoms with van der Waals surface area (Å²) in [6, 6.07) is 8.81. The lowest BCUT2D eigenvalue weighted by atomic mass is 10.1. The van der Waals surface area contributed by atoms with Gasteiger partial charge in [0.2, 0.25) is 5.90 Å². The number of halogens is 3. The summed E-state index contributed by atoms with van der Waals surface area (Å²) in [6.07, 6.45) is -1.24. The monoisotopic (exact) mass is 452 g/mol. The first kappa shape index (κ1) is 23.6. The summed E-state index contributed by atoms with van der Waals surface area (Å²) in [7, 11) is 0. The maximum atomic E-state index is 12.2. The zero-order valence-electron chi connectivity index (χ0n) is 15.2.